The molecule has 154 valence electrons. The Morgan fingerprint density at radius 2 is 1.47 bits per heavy atom. The van der Waals surface area contributed by atoms with E-state index >= 15 is 0 Å². The van der Waals surface area contributed by atoms with Gasteiger partial charge >= 0.3 is 0 Å². The van der Waals surface area contributed by atoms with Crippen LogP contribution in [-0.2, 0) is 11.3 Å². The van der Waals surface area contributed by atoms with Crippen molar-refractivity contribution in [2.45, 2.75) is 26.3 Å². The van der Waals surface area contributed by atoms with E-state index in [-0.39, 0.29) is 55.7 Å². The van der Waals surface area contributed by atoms with Gasteiger partial charge in [0.2, 0.25) is 0 Å². The lowest BCUT2D eigenvalue weighted by Crippen LogP contribution is -2.26. The predicted octanol–water partition coefficient (Wildman–Crippen LogP) is 1.36. The van der Waals surface area contributed by atoms with Crippen LogP contribution in [0.3, 0.4) is 0 Å². The monoisotopic (exact) mass is 406 g/mol. The maximum absolute atomic E-state index is 13.1. The molecule has 0 amide bonds. The van der Waals surface area contributed by atoms with Crippen LogP contribution in [0.1, 0.15) is 19.8 Å². The quantitative estimate of drug-likeness (QED) is 0.191. The summed E-state index contributed by atoms with van der Waals surface area (Å²) in [6, 6.07) is 6.43. The van der Waals surface area contributed by atoms with Crippen molar-refractivity contribution >= 4 is 43.7 Å². The van der Waals surface area contributed by atoms with Crippen molar-refractivity contribution < 1.29 is 4.74 Å². The number of hydrogen-bond acceptors (Lipinski definition) is 7. The molecule has 4 rings (SSSR count). The molecule has 0 unspecified atom stereocenters. The highest BCUT2D eigenvalue weighted by Crippen LogP contribution is 2.31. The van der Waals surface area contributed by atoms with Gasteiger partial charge in [0, 0.05) is 30.5 Å². The van der Waals surface area contributed by atoms with E-state index in [1.807, 2.05) is 6.92 Å². The maximum Gasteiger partial charge on any atom is 0.262 e. The Morgan fingerprint density at radius 1 is 0.900 bits per heavy atom. The van der Waals surface area contributed by atoms with Crippen molar-refractivity contribution in [1.29, 1.82) is 5.41 Å². The third-order valence-electron chi connectivity index (χ3n) is 5.43. The summed E-state index contributed by atoms with van der Waals surface area (Å²) in [5.74, 6) is 0. The molecule has 8 heteroatoms. The summed E-state index contributed by atoms with van der Waals surface area (Å²) >= 11 is 0. The van der Waals surface area contributed by atoms with E-state index in [2.05, 4.69) is 0 Å². The first kappa shape index (κ1) is 19.8. The average Bonchev–Trinajstić information content (AvgIpc) is 2.99. The van der Waals surface area contributed by atoms with E-state index in [4.69, 9.17) is 21.6 Å². The van der Waals surface area contributed by atoms with Gasteiger partial charge in [0.1, 0.15) is 5.49 Å². The van der Waals surface area contributed by atoms with E-state index in [1.165, 1.54) is 4.57 Å². The number of hydrogen-bond donors (Lipinski definition) is 3. The Hall–Kier alpha value is -3.52. The molecule has 30 heavy (non-hydrogen) atoms. The second kappa shape index (κ2) is 7.38. The minimum atomic E-state index is -0.489. The van der Waals surface area contributed by atoms with Crippen LogP contribution in [0.5, 0.6) is 0 Å². The van der Waals surface area contributed by atoms with Crippen molar-refractivity contribution in [1.82, 2.24) is 4.57 Å². The topological polar surface area (TPSA) is 141 Å². The molecule has 1 heterocycles. The summed E-state index contributed by atoms with van der Waals surface area (Å²) < 4.78 is 6.70. The van der Waals surface area contributed by atoms with E-state index < -0.39 is 16.4 Å². The van der Waals surface area contributed by atoms with Crippen LogP contribution < -0.4 is 33.4 Å². The lowest BCUT2D eigenvalue weighted by Gasteiger charge is -2.08. The molecule has 1 aromatic heterocycles. The molecule has 4 aromatic rings. The van der Waals surface area contributed by atoms with E-state index in [0.29, 0.717) is 19.6 Å². The lowest BCUT2D eigenvalue weighted by molar-refractivity contribution is 0.129. The van der Waals surface area contributed by atoms with Crippen molar-refractivity contribution in [2.75, 3.05) is 24.7 Å². The van der Waals surface area contributed by atoms with Crippen LogP contribution in [0.2, 0.25) is 0 Å². The number of fused-ring (bicyclic) bond motifs is 3. The van der Waals surface area contributed by atoms with Crippen molar-refractivity contribution in [3.63, 3.8) is 0 Å². The second-order valence-corrected chi connectivity index (χ2v) is 7.30. The largest absolute Gasteiger partial charge is 0.397 e. The molecule has 0 spiro atoms. The zero-order valence-corrected chi connectivity index (χ0v) is 16.6. The summed E-state index contributed by atoms with van der Waals surface area (Å²) in [6.45, 7) is 3.34. The second-order valence-electron chi connectivity index (χ2n) is 7.30. The van der Waals surface area contributed by atoms with E-state index in [1.54, 1.807) is 24.3 Å². The van der Waals surface area contributed by atoms with Gasteiger partial charge < -0.3 is 16.2 Å². The number of nitrogens with one attached hydrogen (secondary N) is 1. The third kappa shape index (κ3) is 2.72. The molecule has 0 atom stereocenters. The Balaban J connectivity index is 2.04. The zero-order chi connectivity index (χ0) is 21.6. The van der Waals surface area contributed by atoms with E-state index in [9.17, 15) is 14.4 Å². The Labute approximate surface area is 170 Å². The molecular formula is C22H22N4O4. The normalized spacial score (nSPS) is 11.8. The van der Waals surface area contributed by atoms with Crippen LogP contribution in [0, 0.1) is 5.41 Å². The predicted molar refractivity (Wildman–Crippen MR) is 119 cm³/mol. The Bertz CT molecular complexity index is 1400. The summed E-state index contributed by atoms with van der Waals surface area (Å²) in [5, 5.41) is 9.01. The molecule has 0 fully saturated rings. The number of ether oxygens (including phenoxy) is 1. The number of anilines is 2. The van der Waals surface area contributed by atoms with Gasteiger partial charge in [0.25, 0.3) is 5.56 Å². The van der Waals surface area contributed by atoms with Gasteiger partial charge in [-0.15, -0.1) is 0 Å². The molecular weight excluding hydrogens is 384 g/mol. The molecule has 0 aliphatic heterocycles. The zero-order valence-electron chi connectivity index (χ0n) is 16.6. The Kier molecular flexibility index (Phi) is 4.87. The molecule has 8 nitrogen and oxygen atoms in total. The summed E-state index contributed by atoms with van der Waals surface area (Å²) in [6.07, 6.45) is 1.43. The van der Waals surface area contributed by atoms with Crippen LogP contribution >= 0.6 is 0 Å². The van der Waals surface area contributed by atoms with Gasteiger partial charge in [0.15, 0.2) is 10.9 Å². The maximum atomic E-state index is 13.1. The van der Waals surface area contributed by atoms with Gasteiger partial charge in [0.05, 0.1) is 32.9 Å². The van der Waals surface area contributed by atoms with Gasteiger partial charge in [-0.2, -0.15) is 0 Å². The highest BCUT2D eigenvalue weighted by Gasteiger charge is 2.23. The SMILES string of the molecule is CCCOCCCn1c(=N)c2c(N)c3c(=O)c4ccccc4c(=O)c3c(N)c2c1=O. The fourth-order valence-electron chi connectivity index (χ4n) is 4.03. The third-order valence-corrected chi connectivity index (χ3v) is 5.43. The van der Waals surface area contributed by atoms with Crippen molar-refractivity contribution in [3.8, 4) is 0 Å². The van der Waals surface area contributed by atoms with Crippen LogP contribution in [-0.4, -0.2) is 17.8 Å². The van der Waals surface area contributed by atoms with Crippen molar-refractivity contribution in [2.24, 2.45) is 0 Å². The molecule has 0 bridgehead atoms. The molecule has 0 saturated heterocycles. The molecule has 0 saturated carbocycles. The fourth-order valence-corrected chi connectivity index (χ4v) is 4.03. The van der Waals surface area contributed by atoms with Gasteiger partial charge in [-0.05, 0) is 12.8 Å². The molecule has 3 aromatic carbocycles. The lowest BCUT2D eigenvalue weighted by atomic mass is 9.97. The number of rotatable bonds is 6. The molecule has 0 aliphatic carbocycles. The molecule has 0 radical (unpaired) electrons. The minimum absolute atomic E-state index is 0.0197. The standard InChI is InChI=1S/C22H22N4O4/c1-2-9-30-10-5-8-26-21(25)15-16(22(26)29)18(24)14-13(17(15)23)19(27)11-6-3-4-7-12(11)20(14)28/h3-4,6-7,25H,2,5,8-10,23-24H2,1H3. The van der Waals surface area contributed by atoms with Crippen LogP contribution in [0.25, 0.3) is 32.3 Å². The number of nitrogen functional groups attached to an aromatic ring is 2. The van der Waals surface area contributed by atoms with Gasteiger partial charge in [-0.25, -0.2) is 0 Å². The molecule has 0 aliphatic rings. The highest BCUT2D eigenvalue weighted by atomic mass is 16.5. The number of nitrogens with zero attached hydrogens (tertiary/aromatic N) is 1. The first-order chi connectivity index (χ1) is 14.4. The smallest absolute Gasteiger partial charge is 0.262 e. The summed E-state index contributed by atoms with van der Waals surface area (Å²) in [5.41, 5.74) is 10.9. The summed E-state index contributed by atoms with van der Waals surface area (Å²) in [4.78, 5) is 39.2. The number of nitrogens with two attached hydrogens (primary N) is 2. The minimum Gasteiger partial charge on any atom is -0.397 e. The first-order valence-electron chi connectivity index (χ1n) is 9.81. The van der Waals surface area contributed by atoms with Crippen LogP contribution in [0.4, 0.5) is 11.4 Å². The van der Waals surface area contributed by atoms with Gasteiger partial charge in [-0.1, -0.05) is 31.2 Å². The number of aromatic nitrogens is 1. The first-order valence-corrected chi connectivity index (χ1v) is 9.81. The molecule has 5 N–H and O–H groups in total. The summed E-state index contributed by atoms with van der Waals surface area (Å²) in [7, 11) is 0. The van der Waals surface area contributed by atoms with Crippen molar-refractivity contribution in [3.05, 3.63) is 60.6 Å². The van der Waals surface area contributed by atoms with E-state index in [0.717, 1.165) is 6.42 Å². The Morgan fingerprint density at radius 3 is 2.03 bits per heavy atom. The average molecular weight is 406 g/mol. The van der Waals surface area contributed by atoms with Crippen LogP contribution in [0.15, 0.2) is 38.6 Å². The van der Waals surface area contributed by atoms with Gasteiger partial charge in [-0.3, -0.25) is 24.4 Å². The number of benzene rings is 3. The fraction of sp³-hybridized carbons (Fsp3) is 0.273. The highest BCUT2D eigenvalue weighted by molar-refractivity contribution is 6.20.